The summed E-state index contributed by atoms with van der Waals surface area (Å²) in [6.45, 7) is 2.18. The van der Waals surface area contributed by atoms with Gasteiger partial charge < -0.3 is 9.84 Å². The van der Waals surface area contributed by atoms with E-state index in [2.05, 4.69) is 4.90 Å². The lowest BCUT2D eigenvalue weighted by Gasteiger charge is -2.42. The van der Waals surface area contributed by atoms with Crippen LogP contribution in [-0.2, 0) is 23.3 Å². The van der Waals surface area contributed by atoms with E-state index in [-0.39, 0.29) is 12.0 Å². The SMILES string of the molecule is OC(Cc1ccc(F)c(F)c1F)(c1ccccc1)C1CN(Cc2ccccc2)CCO1. The highest BCUT2D eigenvalue weighted by atomic mass is 19.2. The Labute approximate surface area is 179 Å². The lowest BCUT2D eigenvalue weighted by molar-refractivity contribution is -0.150. The Hall–Kier alpha value is -2.67. The number of halogens is 3. The molecular formula is C25H24F3NO2. The minimum Gasteiger partial charge on any atom is -0.382 e. The topological polar surface area (TPSA) is 32.7 Å². The van der Waals surface area contributed by atoms with Crippen molar-refractivity contribution in [1.29, 1.82) is 0 Å². The van der Waals surface area contributed by atoms with Crippen LogP contribution in [0.2, 0.25) is 0 Å². The van der Waals surface area contributed by atoms with Gasteiger partial charge in [-0.15, -0.1) is 0 Å². The first-order valence-corrected chi connectivity index (χ1v) is 10.3. The average molecular weight is 427 g/mol. The molecular weight excluding hydrogens is 403 g/mol. The zero-order valence-electron chi connectivity index (χ0n) is 17.0. The van der Waals surface area contributed by atoms with E-state index in [1.165, 1.54) is 6.07 Å². The Bertz CT molecular complexity index is 1020. The quantitative estimate of drug-likeness (QED) is 0.591. The summed E-state index contributed by atoms with van der Waals surface area (Å²) >= 11 is 0. The number of morpholine rings is 1. The number of aliphatic hydroxyl groups is 1. The van der Waals surface area contributed by atoms with Gasteiger partial charge in [-0.25, -0.2) is 13.2 Å². The molecule has 1 fully saturated rings. The molecule has 1 heterocycles. The van der Waals surface area contributed by atoms with Gasteiger partial charge in [0.05, 0.1) is 6.61 Å². The first kappa shape index (κ1) is 21.6. The summed E-state index contributed by atoms with van der Waals surface area (Å²) in [5.41, 5.74) is -0.0559. The van der Waals surface area contributed by atoms with Gasteiger partial charge in [0, 0.05) is 26.1 Å². The predicted molar refractivity (Wildman–Crippen MR) is 112 cm³/mol. The molecule has 1 aliphatic rings. The van der Waals surface area contributed by atoms with Gasteiger partial charge in [-0.3, -0.25) is 4.90 Å². The lowest BCUT2D eigenvalue weighted by Crippen LogP contribution is -2.53. The van der Waals surface area contributed by atoms with Crippen LogP contribution < -0.4 is 0 Å². The summed E-state index contributed by atoms with van der Waals surface area (Å²) in [6, 6.07) is 20.8. The van der Waals surface area contributed by atoms with E-state index in [1.54, 1.807) is 24.3 Å². The van der Waals surface area contributed by atoms with Crippen molar-refractivity contribution in [3.63, 3.8) is 0 Å². The van der Waals surface area contributed by atoms with Gasteiger partial charge in [-0.2, -0.15) is 0 Å². The summed E-state index contributed by atoms with van der Waals surface area (Å²) in [4.78, 5) is 2.17. The van der Waals surface area contributed by atoms with Crippen molar-refractivity contribution in [3.05, 3.63) is 107 Å². The Morgan fingerprint density at radius 2 is 1.58 bits per heavy atom. The highest BCUT2D eigenvalue weighted by Crippen LogP contribution is 2.34. The van der Waals surface area contributed by atoms with Crippen molar-refractivity contribution < 1.29 is 23.0 Å². The van der Waals surface area contributed by atoms with Gasteiger partial charge >= 0.3 is 0 Å². The summed E-state index contributed by atoms with van der Waals surface area (Å²) in [6.07, 6.45) is -0.927. The van der Waals surface area contributed by atoms with Crippen LogP contribution in [0.3, 0.4) is 0 Å². The highest BCUT2D eigenvalue weighted by Gasteiger charge is 2.42. The molecule has 0 aliphatic carbocycles. The minimum atomic E-state index is -1.62. The van der Waals surface area contributed by atoms with E-state index < -0.39 is 29.2 Å². The van der Waals surface area contributed by atoms with Crippen molar-refractivity contribution in [2.45, 2.75) is 24.7 Å². The van der Waals surface area contributed by atoms with Crippen LogP contribution in [0.5, 0.6) is 0 Å². The molecule has 2 unspecified atom stereocenters. The maximum atomic E-state index is 14.5. The number of benzene rings is 3. The van der Waals surface area contributed by atoms with Crippen molar-refractivity contribution in [2.75, 3.05) is 19.7 Å². The monoisotopic (exact) mass is 427 g/mol. The molecule has 162 valence electrons. The molecule has 0 bridgehead atoms. The second-order valence-corrected chi connectivity index (χ2v) is 7.88. The van der Waals surface area contributed by atoms with E-state index in [1.807, 2.05) is 36.4 Å². The number of nitrogens with zero attached hydrogens (tertiary/aromatic N) is 1. The van der Waals surface area contributed by atoms with Gasteiger partial charge in [0.2, 0.25) is 0 Å². The van der Waals surface area contributed by atoms with Crippen LogP contribution in [0, 0.1) is 17.5 Å². The first-order chi connectivity index (χ1) is 15.0. The van der Waals surface area contributed by atoms with Crippen LogP contribution >= 0.6 is 0 Å². The number of hydrogen-bond acceptors (Lipinski definition) is 3. The van der Waals surface area contributed by atoms with Crippen LogP contribution in [0.25, 0.3) is 0 Å². The Kier molecular flexibility index (Phi) is 6.41. The molecule has 1 saturated heterocycles. The van der Waals surface area contributed by atoms with E-state index >= 15 is 0 Å². The molecule has 0 spiro atoms. The molecule has 0 aromatic heterocycles. The number of hydrogen-bond donors (Lipinski definition) is 1. The molecule has 3 aromatic carbocycles. The molecule has 2 atom stereocenters. The Balaban J connectivity index is 1.64. The highest BCUT2D eigenvalue weighted by molar-refractivity contribution is 5.30. The number of ether oxygens (including phenoxy) is 1. The molecule has 31 heavy (non-hydrogen) atoms. The minimum absolute atomic E-state index is 0.103. The van der Waals surface area contributed by atoms with Gasteiger partial charge in [0.15, 0.2) is 17.5 Å². The molecule has 0 radical (unpaired) electrons. The largest absolute Gasteiger partial charge is 0.382 e. The maximum absolute atomic E-state index is 14.5. The fraction of sp³-hybridized carbons (Fsp3) is 0.280. The third kappa shape index (κ3) is 4.66. The van der Waals surface area contributed by atoms with Crippen LogP contribution in [0.15, 0.2) is 72.8 Å². The predicted octanol–water partition coefficient (Wildman–Crippen LogP) is 4.44. The molecule has 3 nitrogen and oxygen atoms in total. The standard InChI is InChI=1S/C25H24F3NO2/c26-21-12-11-19(23(27)24(21)28)15-25(30,20-9-5-2-6-10-20)22-17-29(13-14-31-22)16-18-7-3-1-4-8-18/h1-12,22,30H,13-17H2. The molecule has 6 heteroatoms. The van der Waals surface area contributed by atoms with Crippen LogP contribution in [-0.4, -0.2) is 35.8 Å². The van der Waals surface area contributed by atoms with Crippen molar-refractivity contribution in [3.8, 4) is 0 Å². The van der Waals surface area contributed by atoms with E-state index in [4.69, 9.17) is 4.74 Å². The van der Waals surface area contributed by atoms with Gasteiger partial charge in [-0.1, -0.05) is 66.7 Å². The van der Waals surface area contributed by atoms with Crippen molar-refractivity contribution >= 4 is 0 Å². The van der Waals surface area contributed by atoms with Crippen LogP contribution in [0.4, 0.5) is 13.2 Å². The smallest absolute Gasteiger partial charge is 0.194 e. The Morgan fingerprint density at radius 1 is 0.903 bits per heavy atom. The van der Waals surface area contributed by atoms with E-state index in [9.17, 15) is 18.3 Å². The Morgan fingerprint density at radius 3 is 2.29 bits per heavy atom. The van der Waals surface area contributed by atoms with Gasteiger partial charge in [0.1, 0.15) is 11.7 Å². The number of rotatable bonds is 6. The fourth-order valence-corrected chi connectivity index (χ4v) is 4.10. The van der Waals surface area contributed by atoms with Gasteiger partial charge in [0.25, 0.3) is 0 Å². The lowest BCUT2D eigenvalue weighted by atomic mass is 9.81. The maximum Gasteiger partial charge on any atom is 0.194 e. The summed E-state index contributed by atoms with van der Waals surface area (Å²) in [7, 11) is 0. The summed E-state index contributed by atoms with van der Waals surface area (Å²) in [5, 5.41) is 11.8. The molecule has 1 aliphatic heterocycles. The average Bonchev–Trinajstić information content (AvgIpc) is 2.81. The summed E-state index contributed by atoms with van der Waals surface area (Å²) in [5.74, 6) is -4.08. The van der Waals surface area contributed by atoms with Crippen LogP contribution in [0.1, 0.15) is 16.7 Å². The van der Waals surface area contributed by atoms with Crippen molar-refractivity contribution in [1.82, 2.24) is 4.90 Å². The fourth-order valence-electron chi connectivity index (χ4n) is 4.10. The van der Waals surface area contributed by atoms with Crippen molar-refractivity contribution in [2.24, 2.45) is 0 Å². The van der Waals surface area contributed by atoms with E-state index in [0.29, 0.717) is 31.8 Å². The first-order valence-electron chi connectivity index (χ1n) is 10.3. The second-order valence-electron chi connectivity index (χ2n) is 7.88. The third-order valence-electron chi connectivity index (χ3n) is 5.78. The molecule has 1 N–H and O–H groups in total. The second kappa shape index (κ2) is 9.22. The van der Waals surface area contributed by atoms with Gasteiger partial charge in [-0.05, 0) is 22.8 Å². The molecule has 0 amide bonds. The zero-order chi connectivity index (χ0) is 21.8. The van der Waals surface area contributed by atoms with E-state index in [0.717, 1.165) is 11.6 Å². The molecule has 3 aromatic rings. The molecule has 0 saturated carbocycles. The third-order valence-corrected chi connectivity index (χ3v) is 5.78. The normalized spacial score (nSPS) is 19.2. The summed E-state index contributed by atoms with van der Waals surface area (Å²) < 4.78 is 47.7. The zero-order valence-corrected chi connectivity index (χ0v) is 17.0. The molecule has 4 rings (SSSR count).